The van der Waals surface area contributed by atoms with Gasteiger partial charge in [0.2, 0.25) is 0 Å². The van der Waals surface area contributed by atoms with Crippen molar-refractivity contribution in [3.63, 3.8) is 0 Å². The third-order valence-electron chi connectivity index (χ3n) is 1.90. The molecule has 0 radical (unpaired) electrons. The van der Waals surface area contributed by atoms with Gasteiger partial charge in [0.05, 0.1) is 17.8 Å². The van der Waals surface area contributed by atoms with E-state index in [-0.39, 0.29) is 4.75 Å². The fourth-order valence-electron chi connectivity index (χ4n) is 1.29. The van der Waals surface area contributed by atoms with Gasteiger partial charge in [0, 0.05) is 15.2 Å². The van der Waals surface area contributed by atoms with E-state index in [0.29, 0.717) is 0 Å². The van der Waals surface area contributed by atoms with Gasteiger partial charge in [0.25, 0.3) is 0 Å². The maximum atomic E-state index is 8.67. The Balaban J connectivity index is 3.23. The van der Waals surface area contributed by atoms with E-state index in [2.05, 4.69) is 41.9 Å². The predicted molar refractivity (Wildman–Crippen MR) is 75.7 cm³/mol. The number of rotatable bonds is 3. The molecule has 94 valence electrons. The first-order chi connectivity index (χ1) is 7.87. The lowest BCUT2D eigenvalue weighted by Crippen LogP contribution is -2.07. The topological polar surface area (TPSA) is 41.8 Å². The average Bonchev–Trinajstić information content (AvgIpc) is 2.20. The van der Waals surface area contributed by atoms with E-state index in [1.165, 1.54) is 6.21 Å². The van der Waals surface area contributed by atoms with Gasteiger partial charge in [-0.15, -0.1) is 11.8 Å². The smallest absolute Gasteiger partial charge is 0.134 e. The van der Waals surface area contributed by atoms with E-state index in [1.807, 2.05) is 12.1 Å². The fraction of sp³-hybridized carbons (Fsp3) is 0.417. The van der Waals surface area contributed by atoms with Gasteiger partial charge in [-0.2, -0.15) is 0 Å². The van der Waals surface area contributed by atoms with Crippen LogP contribution in [0.5, 0.6) is 5.75 Å². The van der Waals surface area contributed by atoms with Crippen LogP contribution in [0.4, 0.5) is 0 Å². The molecule has 0 aliphatic carbocycles. The SMILES string of the molecule is COc1cc(SC(C)(C)C)c(/C=N/O)cc1Br. The standard InChI is InChI=1S/C12H16BrNO2S/c1-12(2,3)17-11-6-10(16-4)9(13)5-8(11)7-14-15/h5-7,15H,1-4H3/b14-7+. The van der Waals surface area contributed by atoms with Crippen LogP contribution in [0.2, 0.25) is 0 Å². The van der Waals surface area contributed by atoms with E-state index in [1.54, 1.807) is 18.9 Å². The van der Waals surface area contributed by atoms with Gasteiger partial charge in [0.15, 0.2) is 0 Å². The average molecular weight is 318 g/mol. The van der Waals surface area contributed by atoms with Crippen LogP contribution in [0, 0.1) is 0 Å². The molecule has 1 rings (SSSR count). The highest BCUT2D eigenvalue weighted by atomic mass is 79.9. The molecule has 0 spiro atoms. The van der Waals surface area contributed by atoms with Crippen molar-refractivity contribution in [1.29, 1.82) is 0 Å². The Morgan fingerprint density at radius 1 is 1.41 bits per heavy atom. The second kappa shape index (κ2) is 5.78. The third kappa shape index (κ3) is 4.24. The summed E-state index contributed by atoms with van der Waals surface area (Å²) in [5.41, 5.74) is 0.861. The summed E-state index contributed by atoms with van der Waals surface area (Å²) in [5, 5.41) is 11.8. The van der Waals surface area contributed by atoms with Gasteiger partial charge in [-0.3, -0.25) is 0 Å². The summed E-state index contributed by atoms with van der Waals surface area (Å²) in [6.07, 6.45) is 1.43. The Labute approximate surface area is 114 Å². The molecule has 1 aromatic rings. The van der Waals surface area contributed by atoms with Crippen LogP contribution in [0.3, 0.4) is 0 Å². The molecule has 0 aromatic heterocycles. The maximum absolute atomic E-state index is 8.67. The number of oxime groups is 1. The molecule has 0 aliphatic heterocycles. The van der Waals surface area contributed by atoms with Crippen molar-refractivity contribution in [2.75, 3.05) is 7.11 Å². The summed E-state index contributed by atoms with van der Waals surface area (Å²) < 4.78 is 6.19. The Kier molecular flexibility index (Phi) is 4.89. The molecule has 5 heteroatoms. The van der Waals surface area contributed by atoms with Crippen LogP contribution < -0.4 is 4.74 Å². The minimum Gasteiger partial charge on any atom is -0.496 e. The number of hydrogen-bond donors (Lipinski definition) is 1. The zero-order valence-electron chi connectivity index (χ0n) is 10.3. The third-order valence-corrected chi connectivity index (χ3v) is 3.70. The van der Waals surface area contributed by atoms with Gasteiger partial charge < -0.3 is 9.94 Å². The van der Waals surface area contributed by atoms with Gasteiger partial charge in [-0.1, -0.05) is 25.9 Å². The molecule has 1 aromatic carbocycles. The van der Waals surface area contributed by atoms with Crippen molar-refractivity contribution in [1.82, 2.24) is 0 Å². The van der Waals surface area contributed by atoms with Crippen molar-refractivity contribution in [2.45, 2.75) is 30.4 Å². The number of halogens is 1. The van der Waals surface area contributed by atoms with E-state index >= 15 is 0 Å². The van der Waals surface area contributed by atoms with Crippen LogP contribution in [0.25, 0.3) is 0 Å². The summed E-state index contributed by atoms with van der Waals surface area (Å²) in [7, 11) is 1.63. The molecule has 3 nitrogen and oxygen atoms in total. The normalized spacial score (nSPS) is 12.1. The Morgan fingerprint density at radius 3 is 2.53 bits per heavy atom. The molecule has 0 unspecified atom stereocenters. The van der Waals surface area contributed by atoms with Gasteiger partial charge in [-0.05, 0) is 28.1 Å². The maximum Gasteiger partial charge on any atom is 0.134 e. The molecule has 17 heavy (non-hydrogen) atoms. The largest absolute Gasteiger partial charge is 0.496 e. The zero-order chi connectivity index (χ0) is 13.1. The number of thioether (sulfide) groups is 1. The highest BCUT2D eigenvalue weighted by molar-refractivity contribution is 9.10. The predicted octanol–water partition coefficient (Wildman–Crippen LogP) is 4.16. The molecule has 0 bridgehead atoms. The minimum atomic E-state index is 0.0802. The van der Waals surface area contributed by atoms with Gasteiger partial charge in [-0.25, -0.2) is 0 Å². The first-order valence-electron chi connectivity index (χ1n) is 5.11. The van der Waals surface area contributed by atoms with Gasteiger partial charge >= 0.3 is 0 Å². The zero-order valence-corrected chi connectivity index (χ0v) is 12.7. The van der Waals surface area contributed by atoms with Crippen LogP contribution in [0.15, 0.2) is 26.7 Å². The van der Waals surface area contributed by atoms with Crippen molar-refractivity contribution < 1.29 is 9.94 Å². The molecule has 0 atom stereocenters. The van der Waals surface area contributed by atoms with Crippen LogP contribution in [-0.2, 0) is 0 Å². The lowest BCUT2D eigenvalue weighted by Gasteiger charge is -2.19. The Morgan fingerprint density at radius 2 is 2.06 bits per heavy atom. The van der Waals surface area contributed by atoms with E-state index in [9.17, 15) is 0 Å². The molecular weight excluding hydrogens is 302 g/mol. The lowest BCUT2D eigenvalue weighted by molar-refractivity contribution is 0.321. The summed E-state index contributed by atoms with van der Waals surface area (Å²) >= 11 is 5.12. The second-order valence-corrected chi connectivity index (χ2v) is 7.21. The van der Waals surface area contributed by atoms with E-state index in [4.69, 9.17) is 9.94 Å². The lowest BCUT2D eigenvalue weighted by atomic mass is 10.2. The Hall–Kier alpha value is -0.680. The summed E-state index contributed by atoms with van der Waals surface area (Å²) in [4.78, 5) is 1.02. The minimum absolute atomic E-state index is 0.0802. The van der Waals surface area contributed by atoms with Gasteiger partial charge in [0.1, 0.15) is 5.75 Å². The first kappa shape index (κ1) is 14.4. The fourth-order valence-corrected chi connectivity index (χ4v) is 2.87. The van der Waals surface area contributed by atoms with E-state index in [0.717, 1.165) is 20.7 Å². The molecule has 0 aliphatic rings. The second-order valence-electron chi connectivity index (χ2n) is 4.48. The molecular formula is C12H16BrNO2S. The number of benzene rings is 1. The van der Waals surface area contributed by atoms with Crippen molar-refractivity contribution >= 4 is 33.9 Å². The summed E-state index contributed by atoms with van der Waals surface area (Å²) in [6, 6.07) is 3.82. The first-order valence-corrected chi connectivity index (χ1v) is 6.72. The molecule has 0 saturated carbocycles. The quantitative estimate of drug-likeness (QED) is 0.394. The number of methoxy groups -OCH3 is 1. The number of ether oxygens (including phenoxy) is 1. The monoisotopic (exact) mass is 317 g/mol. The molecule has 1 N–H and O–H groups in total. The van der Waals surface area contributed by atoms with Crippen molar-refractivity contribution in [3.8, 4) is 5.75 Å². The highest BCUT2D eigenvalue weighted by Crippen LogP contribution is 2.38. The summed E-state index contributed by atoms with van der Waals surface area (Å²) in [5.74, 6) is 0.770. The molecule has 0 heterocycles. The molecule has 0 amide bonds. The number of nitrogens with zero attached hydrogens (tertiary/aromatic N) is 1. The highest BCUT2D eigenvalue weighted by Gasteiger charge is 2.16. The molecule has 0 fully saturated rings. The number of hydrogen-bond acceptors (Lipinski definition) is 4. The van der Waals surface area contributed by atoms with Crippen molar-refractivity contribution in [3.05, 3.63) is 22.2 Å². The van der Waals surface area contributed by atoms with Crippen LogP contribution in [-0.4, -0.2) is 23.3 Å². The van der Waals surface area contributed by atoms with Crippen LogP contribution >= 0.6 is 27.7 Å². The van der Waals surface area contributed by atoms with Crippen LogP contribution in [0.1, 0.15) is 26.3 Å². The summed E-state index contributed by atoms with van der Waals surface area (Å²) in [6.45, 7) is 6.39. The van der Waals surface area contributed by atoms with Crippen molar-refractivity contribution in [2.24, 2.45) is 5.16 Å². The molecule has 0 saturated heterocycles. The van der Waals surface area contributed by atoms with E-state index < -0.39 is 0 Å². The Bertz CT molecular complexity index is 427.